The number of hydrogen-bond acceptors (Lipinski definition) is 3. The van der Waals surface area contributed by atoms with Gasteiger partial charge in [-0.15, -0.1) is 0 Å². The van der Waals surface area contributed by atoms with Gasteiger partial charge < -0.3 is 9.97 Å². The molecule has 0 aliphatic rings. The minimum absolute atomic E-state index is 0.471. The Bertz CT molecular complexity index is 1050. The maximum absolute atomic E-state index is 5.33. The van der Waals surface area contributed by atoms with Crippen molar-refractivity contribution in [3.63, 3.8) is 0 Å². The highest BCUT2D eigenvalue weighted by Crippen LogP contribution is 2.32. The Hall–Kier alpha value is -2.79. The molecule has 4 aromatic rings. The number of benzene rings is 1. The monoisotopic (exact) mass is 318 g/mol. The van der Waals surface area contributed by atoms with Crippen molar-refractivity contribution in [2.45, 2.75) is 6.92 Å². The van der Waals surface area contributed by atoms with Crippen molar-refractivity contribution in [2.75, 3.05) is 0 Å². The van der Waals surface area contributed by atoms with Crippen molar-refractivity contribution in [3.05, 3.63) is 65.3 Å². The first-order chi connectivity index (χ1) is 11.2. The lowest BCUT2D eigenvalue weighted by atomic mass is 10.1. The molecule has 4 nitrogen and oxygen atoms in total. The first-order valence-corrected chi connectivity index (χ1v) is 7.72. The Balaban J connectivity index is 1.97. The van der Waals surface area contributed by atoms with E-state index in [0.29, 0.717) is 4.77 Å². The number of H-pyrrole nitrogens is 2. The fourth-order valence-corrected chi connectivity index (χ4v) is 3.09. The minimum atomic E-state index is 0.471. The van der Waals surface area contributed by atoms with E-state index >= 15 is 0 Å². The van der Waals surface area contributed by atoms with Crippen LogP contribution in [0.5, 0.6) is 0 Å². The smallest absolute Gasteiger partial charge is 0.197 e. The zero-order chi connectivity index (χ0) is 15.8. The number of pyridine rings is 1. The summed E-state index contributed by atoms with van der Waals surface area (Å²) >= 11 is 5.33. The highest BCUT2D eigenvalue weighted by atomic mass is 32.1. The van der Waals surface area contributed by atoms with Crippen molar-refractivity contribution >= 4 is 23.1 Å². The summed E-state index contributed by atoms with van der Waals surface area (Å²) in [6.07, 6.45) is 3.51. The van der Waals surface area contributed by atoms with E-state index in [0.717, 1.165) is 33.7 Å². The zero-order valence-electron chi connectivity index (χ0n) is 12.5. The highest BCUT2D eigenvalue weighted by Gasteiger charge is 2.12. The van der Waals surface area contributed by atoms with Crippen molar-refractivity contribution in [1.29, 1.82) is 0 Å². The Morgan fingerprint density at radius 2 is 1.78 bits per heavy atom. The molecule has 0 radical (unpaired) electrons. The van der Waals surface area contributed by atoms with Crippen LogP contribution in [-0.4, -0.2) is 19.9 Å². The van der Waals surface area contributed by atoms with E-state index in [2.05, 4.69) is 39.0 Å². The predicted molar refractivity (Wildman–Crippen MR) is 94.7 cm³/mol. The standard InChI is InChI=1S/C18H14N4S/c1-11-17(13-4-2-3-5-14(13)20-11)16-10-15(21-18(23)22-16)12-6-8-19-9-7-12/h2-10,20H,1H3,(H,21,22,23). The van der Waals surface area contributed by atoms with Gasteiger partial charge in [0, 0.05) is 40.1 Å². The summed E-state index contributed by atoms with van der Waals surface area (Å²) in [5.41, 5.74) is 6.15. The van der Waals surface area contributed by atoms with E-state index in [-0.39, 0.29) is 0 Å². The maximum atomic E-state index is 5.33. The fraction of sp³-hybridized carbons (Fsp3) is 0.0556. The third kappa shape index (κ3) is 2.45. The summed E-state index contributed by atoms with van der Waals surface area (Å²) in [7, 11) is 0. The molecule has 3 aromatic heterocycles. The molecule has 112 valence electrons. The first-order valence-electron chi connectivity index (χ1n) is 7.32. The van der Waals surface area contributed by atoms with E-state index in [1.54, 1.807) is 12.4 Å². The van der Waals surface area contributed by atoms with Gasteiger partial charge in [-0.05, 0) is 43.4 Å². The van der Waals surface area contributed by atoms with Crippen molar-refractivity contribution in [1.82, 2.24) is 19.9 Å². The summed E-state index contributed by atoms with van der Waals surface area (Å²) < 4.78 is 0.471. The highest BCUT2D eigenvalue weighted by molar-refractivity contribution is 7.71. The van der Waals surface area contributed by atoms with Crippen molar-refractivity contribution in [2.24, 2.45) is 0 Å². The summed E-state index contributed by atoms with van der Waals surface area (Å²) in [6, 6.07) is 14.2. The molecule has 3 heterocycles. The molecule has 0 bridgehead atoms. The van der Waals surface area contributed by atoms with E-state index in [1.165, 1.54) is 5.39 Å². The molecule has 0 spiro atoms. The molecular weight excluding hydrogens is 304 g/mol. The number of rotatable bonds is 2. The molecule has 0 aliphatic heterocycles. The lowest BCUT2D eigenvalue weighted by Crippen LogP contribution is -1.92. The molecule has 23 heavy (non-hydrogen) atoms. The second-order valence-corrected chi connectivity index (χ2v) is 5.78. The first kappa shape index (κ1) is 13.8. The molecule has 4 rings (SSSR count). The van der Waals surface area contributed by atoms with Crippen molar-refractivity contribution < 1.29 is 0 Å². The van der Waals surface area contributed by atoms with Crippen molar-refractivity contribution in [3.8, 4) is 22.5 Å². The van der Waals surface area contributed by atoms with E-state index in [4.69, 9.17) is 12.2 Å². The van der Waals surface area contributed by atoms with Gasteiger partial charge in [-0.1, -0.05) is 18.2 Å². The SMILES string of the molecule is Cc1[nH]c2ccccc2c1-c1cc(-c2ccncc2)nc(=S)[nH]1. The molecule has 0 atom stereocenters. The average molecular weight is 318 g/mol. The largest absolute Gasteiger partial charge is 0.358 e. The fourth-order valence-electron chi connectivity index (χ4n) is 2.89. The number of aromatic amines is 2. The van der Waals surface area contributed by atoms with E-state index in [9.17, 15) is 0 Å². The number of nitrogens with zero attached hydrogens (tertiary/aromatic N) is 2. The molecular formula is C18H14N4S. The summed E-state index contributed by atoms with van der Waals surface area (Å²) in [4.78, 5) is 15.1. The number of aromatic nitrogens is 4. The topological polar surface area (TPSA) is 57.4 Å². The normalized spacial score (nSPS) is 11.0. The van der Waals surface area contributed by atoms with E-state index in [1.807, 2.05) is 30.3 Å². The number of nitrogens with one attached hydrogen (secondary N) is 2. The molecule has 1 aromatic carbocycles. The molecule has 0 unspecified atom stereocenters. The average Bonchev–Trinajstić information content (AvgIpc) is 2.91. The van der Waals surface area contributed by atoms with Crippen LogP contribution in [0.3, 0.4) is 0 Å². The van der Waals surface area contributed by atoms with Gasteiger partial charge in [-0.3, -0.25) is 4.98 Å². The summed E-state index contributed by atoms with van der Waals surface area (Å²) in [5.74, 6) is 0. The Morgan fingerprint density at radius 1 is 1.00 bits per heavy atom. The van der Waals surface area contributed by atoms with Gasteiger partial charge in [0.05, 0.1) is 11.4 Å². The van der Waals surface area contributed by atoms with Gasteiger partial charge in [0.25, 0.3) is 0 Å². The van der Waals surface area contributed by atoms with Crippen LogP contribution in [0, 0.1) is 11.7 Å². The van der Waals surface area contributed by atoms with Gasteiger partial charge in [-0.2, -0.15) is 0 Å². The van der Waals surface area contributed by atoms with Crippen LogP contribution in [-0.2, 0) is 0 Å². The van der Waals surface area contributed by atoms with Crippen LogP contribution in [0.2, 0.25) is 0 Å². The van der Waals surface area contributed by atoms with E-state index < -0.39 is 0 Å². The van der Waals surface area contributed by atoms with Crippen LogP contribution >= 0.6 is 12.2 Å². The number of aryl methyl sites for hydroxylation is 1. The third-order valence-electron chi connectivity index (χ3n) is 3.88. The van der Waals surface area contributed by atoms with Crippen LogP contribution in [0.15, 0.2) is 54.9 Å². The lowest BCUT2D eigenvalue weighted by Gasteiger charge is -2.06. The quantitative estimate of drug-likeness (QED) is 0.529. The summed E-state index contributed by atoms with van der Waals surface area (Å²) in [5, 5.41) is 1.17. The molecule has 0 amide bonds. The van der Waals surface area contributed by atoms with Crippen LogP contribution in [0.4, 0.5) is 0 Å². The van der Waals surface area contributed by atoms with Gasteiger partial charge >= 0.3 is 0 Å². The molecule has 2 N–H and O–H groups in total. The third-order valence-corrected chi connectivity index (χ3v) is 4.08. The maximum Gasteiger partial charge on any atom is 0.197 e. The number of fused-ring (bicyclic) bond motifs is 1. The summed E-state index contributed by atoms with van der Waals surface area (Å²) in [6.45, 7) is 2.07. The second-order valence-electron chi connectivity index (χ2n) is 5.39. The van der Waals surface area contributed by atoms with Gasteiger partial charge in [0.1, 0.15) is 0 Å². The molecule has 5 heteroatoms. The Labute approximate surface area is 138 Å². The molecule has 0 saturated heterocycles. The molecule has 0 saturated carbocycles. The van der Waals surface area contributed by atoms with Crippen LogP contribution in [0.25, 0.3) is 33.4 Å². The zero-order valence-corrected chi connectivity index (χ0v) is 13.3. The lowest BCUT2D eigenvalue weighted by molar-refractivity contribution is 1.14. The minimum Gasteiger partial charge on any atom is -0.358 e. The second kappa shape index (κ2) is 5.44. The van der Waals surface area contributed by atoms with Gasteiger partial charge in [0.2, 0.25) is 0 Å². The molecule has 0 aliphatic carbocycles. The predicted octanol–water partition coefficient (Wildman–Crippen LogP) is 4.66. The number of para-hydroxylation sites is 1. The Morgan fingerprint density at radius 3 is 2.61 bits per heavy atom. The van der Waals surface area contributed by atoms with Gasteiger partial charge in [-0.25, -0.2) is 4.98 Å². The Kier molecular flexibility index (Phi) is 3.28. The number of hydrogen-bond donors (Lipinski definition) is 2. The van der Waals surface area contributed by atoms with Gasteiger partial charge in [0.15, 0.2) is 4.77 Å². The van der Waals surface area contributed by atoms with Crippen LogP contribution in [0.1, 0.15) is 5.69 Å². The molecule has 0 fully saturated rings. The van der Waals surface area contributed by atoms with Crippen LogP contribution < -0.4 is 0 Å².